The average molecular weight is 338 g/mol. The highest BCUT2D eigenvalue weighted by molar-refractivity contribution is 6.28. The molecule has 1 aliphatic rings. The Morgan fingerprint density at radius 1 is 1.00 bits per heavy atom. The lowest BCUT2D eigenvalue weighted by Crippen LogP contribution is -2.21. The molecule has 2 aromatic carbocycles. The van der Waals surface area contributed by atoms with E-state index in [2.05, 4.69) is 9.97 Å². The zero-order chi connectivity index (χ0) is 16.5. The maximum absolute atomic E-state index is 12.3. The van der Waals surface area contributed by atoms with Gasteiger partial charge in [-0.2, -0.15) is 4.98 Å². The van der Waals surface area contributed by atoms with Crippen molar-refractivity contribution in [1.82, 2.24) is 9.97 Å². The second kappa shape index (κ2) is 5.94. The highest BCUT2D eigenvalue weighted by Gasteiger charge is 2.30. The Kier molecular flexibility index (Phi) is 3.63. The van der Waals surface area contributed by atoms with Gasteiger partial charge in [-0.25, -0.2) is 4.98 Å². The summed E-state index contributed by atoms with van der Waals surface area (Å²) in [6.45, 7) is 0. The SMILES string of the molecule is O=C1Cc2cnc(Cl)nc2N1c1ccc(Oc2ccccc2)cc1. The number of carbonyl (C=O) groups is 1. The molecule has 2 heterocycles. The summed E-state index contributed by atoms with van der Waals surface area (Å²) in [6, 6.07) is 16.8. The molecule has 0 aliphatic carbocycles. The number of amides is 1. The third-order valence-electron chi connectivity index (χ3n) is 3.69. The number of nitrogens with zero attached hydrogens (tertiary/aromatic N) is 3. The van der Waals surface area contributed by atoms with Crippen LogP contribution in [-0.2, 0) is 11.2 Å². The summed E-state index contributed by atoms with van der Waals surface area (Å²) in [5, 5.41) is 0.123. The van der Waals surface area contributed by atoms with Gasteiger partial charge in [0.1, 0.15) is 17.3 Å². The number of carbonyl (C=O) groups excluding carboxylic acids is 1. The van der Waals surface area contributed by atoms with Crippen molar-refractivity contribution in [2.45, 2.75) is 6.42 Å². The maximum atomic E-state index is 12.3. The Labute approximate surface area is 143 Å². The number of hydrogen-bond donors (Lipinski definition) is 0. The molecule has 5 nitrogen and oxygen atoms in total. The Morgan fingerprint density at radius 2 is 1.71 bits per heavy atom. The molecular formula is C18H12ClN3O2. The molecule has 0 saturated heterocycles. The van der Waals surface area contributed by atoms with E-state index in [9.17, 15) is 4.79 Å². The minimum atomic E-state index is -0.0571. The summed E-state index contributed by atoms with van der Waals surface area (Å²) < 4.78 is 5.76. The van der Waals surface area contributed by atoms with E-state index in [1.165, 1.54) is 0 Å². The number of halogens is 1. The van der Waals surface area contributed by atoms with E-state index in [0.717, 1.165) is 11.3 Å². The van der Waals surface area contributed by atoms with Gasteiger partial charge in [0, 0.05) is 11.8 Å². The quantitative estimate of drug-likeness (QED) is 0.674. The molecule has 0 bridgehead atoms. The van der Waals surface area contributed by atoms with Crippen LogP contribution in [0, 0.1) is 0 Å². The van der Waals surface area contributed by atoms with E-state index in [4.69, 9.17) is 16.3 Å². The Hall–Kier alpha value is -2.92. The minimum absolute atomic E-state index is 0.0571. The fraction of sp³-hybridized carbons (Fsp3) is 0.0556. The van der Waals surface area contributed by atoms with Crippen LogP contribution in [0.15, 0.2) is 60.8 Å². The van der Waals surface area contributed by atoms with Gasteiger partial charge in [-0.15, -0.1) is 0 Å². The third kappa shape index (κ3) is 2.70. The van der Waals surface area contributed by atoms with Gasteiger partial charge in [0.25, 0.3) is 0 Å². The molecule has 24 heavy (non-hydrogen) atoms. The Balaban J connectivity index is 1.62. The van der Waals surface area contributed by atoms with Crippen LogP contribution < -0.4 is 9.64 Å². The van der Waals surface area contributed by atoms with E-state index >= 15 is 0 Å². The van der Waals surface area contributed by atoms with Crippen molar-refractivity contribution in [1.29, 1.82) is 0 Å². The number of anilines is 2. The first kappa shape index (κ1) is 14.7. The van der Waals surface area contributed by atoms with Crippen molar-refractivity contribution in [3.63, 3.8) is 0 Å². The monoisotopic (exact) mass is 337 g/mol. The van der Waals surface area contributed by atoms with E-state index in [1.807, 2.05) is 54.6 Å². The predicted molar refractivity (Wildman–Crippen MR) is 90.9 cm³/mol. The summed E-state index contributed by atoms with van der Waals surface area (Å²) in [5.74, 6) is 1.93. The van der Waals surface area contributed by atoms with E-state index < -0.39 is 0 Å². The first-order valence-corrected chi connectivity index (χ1v) is 7.76. The van der Waals surface area contributed by atoms with E-state index in [-0.39, 0.29) is 17.6 Å². The van der Waals surface area contributed by atoms with Crippen LogP contribution in [0.25, 0.3) is 0 Å². The van der Waals surface area contributed by atoms with Crippen molar-refractivity contribution >= 4 is 29.0 Å². The summed E-state index contributed by atoms with van der Waals surface area (Å²) in [6.07, 6.45) is 1.87. The van der Waals surface area contributed by atoms with Crippen molar-refractivity contribution in [3.05, 3.63) is 71.6 Å². The lowest BCUT2D eigenvalue weighted by Gasteiger charge is -2.17. The van der Waals surface area contributed by atoms with Gasteiger partial charge >= 0.3 is 0 Å². The summed E-state index contributed by atoms with van der Waals surface area (Å²) in [4.78, 5) is 22.0. The molecule has 118 valence electrons. The Morgan fingerprint density at radius 3 is 2.46 bits per heavy atom. The third-order valence-corrected chi connectivity index (χ3v) is 3.87. The lowest BCUT2D eigenvalue weighted by molar-refractivity contribution is -0.116. The van der Waals surface area contributed by atoms with Crippen LogP contribution in [0.2, 0.25) is 5.28 Å². The predicted octanol–water partition coefficient (Wildman–Crippen LogP) is 4.14. The first-order chi connectivity index (χ1) is 11.7. The number of ether oxygens (including phenoxy) is 1. The summed E-state index contributed by atoms with van der Waals surface area (Å²) >= 11 is 5.86. The zero-order valence-corrected chi connectivity index (χ0v) is 13.3. The second-order valence-electron chi connectivity index (χ2n) is 5.30. The topological polar surface area (TPSA) is 55.3 Å². The van der Waals surface area contributed by atoms with Gasteiger partial charge in [0.15, 0.2) is 0 Å². The second-order valence-corrected chi connectivity index (χ2v) is 5.64. The van der Waals surface area contributed by atoms with Crippen LogP contribution in [-0.4, -0.2) is 15.9 Å². The molecule has 1 amide bonds. The molecule has 0 spiro atoms. The van der Waals surface area contributed by atoms with Crippen molar-refractivity contribution < 1.29 is 9.53 Å². The van der Waals surface area contributed by atoms with Crippen LogP contribution in [0.1, 0.15) is 5.56 Å². The minimum Gasteiger partial charge on any atom is -0.457 e. The van der Waals surface area contributed by atoms with Crippen LogP contribution in [0.3, 0.4) is 0 Å². The number of rotatable bonds is 3. The largest absolute Gasteiger partial charge is 0.457 e. The molecule has 0 saturated carbocycles. The standard InChI is InChI=1S/C18H12ClN3O2/c19-18-20-11-12-10-16(23)22(17(12)21-18)13-6-8-15(9-7-13)24-14-4-2-1-3-5-14/h1-9,11H,10H2. The smallest absolute Gasteiger partial charge is 0.237 e. The molecular weight excluding hydrogens is 326 g/mol. The molecule has 4 rings (SSSR count). The van der Waals surface area contributed by atoms with Gasteiger partial charge in [-0.1, -0.05) is 18.2 Å². The molecule has 1 aliphatic heterocycles. The molecule has 0 atom stereocenters. The Bertz CT molecular complexity index is 898. The summed E-state index contributed by atoms with van der Waals surface area (Å²) in [7, 11) is 0. The van der Waals surface area contributed by atoms with Gasteiger partial charge in [0.2, 0.25) is 11.2 Å². The van der Waals surface area contributed by atoms with Crippen molar-refractivity contribution in [2.75, 3.05) is 4.90 Å². The lowest BCUT2D eigenvalue weighted by atomic mass is 10.2. The first-order valence-electron chi connectivity index (χ1n) is 7.38. The number of para-hydroxylation sites is 1. The van der Waals surface area contributed by atoms with E-state index in [1.54, 1.807) is 11.1 Å². The molecule has 6 heteroatoms. The molecule has 0 unspecified atom stereocenters. The van der Waals surface area contributed by atoms with E-state index in [0.29, 0.717) is 17.3 Å². The molecule has 0 radical (unpaired) electrons. The van der Waals surface area contributed by atoms with Crippen molar-refractivity contribution in [2.24, 2.45) is 0 Å². The zero-order valence-electron chi connectivity index (χ0n) is 12.5. The van der Waals surface area contributed by atoms with Gasteiger partial charge in [0.05, 0.1) is 12.1 Å². The number of aromatic nitrogens is 2. The van der Waals surface area contributed by atoms with Crippen LogP contribution in [0.5, 0.6) is 11.5 Å². The molecule has 0 fully saturated rings. The molecule has 1 aromatic heterocycles. The number of fused-ring (bicyclic) bond motifs is 1. The number of hydrogen-bond acceptors (Lipinski definition) is 4. The fourth-order valence-electron chi connectivity index (χ4n) is 2.61. The molecule has 3 aromatic rings. The number of benzene rings is 2. The van der Waals surface area contributed by atoms with Gasteiger partial charge in [-0.3, -0.25) is 9.69 Å². The fourth-order valence-corrected chi connectivity index (χ4v) is 2.74. The molecule has 0 N–H and O–H groups in total. The highest BCUT2D eigenvalue weighted by Crippen LogP contribution is 2.35. The van der Waals surface area contributed by atoms with Crippen LogP contribution in [0.4, 0.5) is 11.5 Å². The normalized spacial score (nSPS) is 13.0. The summed E-state index contributed by atoms with van der Waals surface area (Å²) in [5.41, 5.74) is 1.49. The highest BCUT2D eigenvalue weighted by atomic mass is 35.5. The van der Waals surface area contributed by atoms with Gasteiger partial charge in [-0.05, 0) is 48.0 Å². The average Bonchev–Trinajstić information content (AvgIpc) is 2.92. The van der Waals surface area contributed by atoms with Crippen molar-refractivity contribution in [3.8, 4) is 11.5 Å². The van der Waals surface area contributed by atoms with Gasteiger partial charge < -0.3 is 4.74 Å². The van der Waals surface area contributed by atoms with Crippen LogP contribution >= 0.6 is 11.6 Å². The maximum Gasteiger partial charge on any atom is 0.237 e.